The predicted octanol–water partition coefficient (Wildman–Crippen LogP) is 4.32. The van der Waals surface area contributed by atoms with Crippen molar-refractivity contribution in [3.05, 3.63) is 65.2 Å². The molecule has 0 saturated heterocycles. The molecule has 142 valence electrons. The van der Waals surface area contributed by atoms with E-state index in [1.54, 1.807) is 19.3 Å². The molecule has 2 aromatic rings. The molecule has 0 atom stereocenters. The van der Waals surface area contributed by atoms with Crippen molar-refractivity contribution >= 4 is 23.6 Å². The lowest BCUT2D eigenvalue weighted by atomic mass is 9.98. The van der Waals surface area contributed by atoms with Gasteiger partial charge in [-0.3, -0.25) is 4.79 Å². The Balaban J connectivity index is 1.94. The molecule has 1 N–H and O–H groups in total. The summed E-state index contributed by atoms with van der Waals surface area (Å²) in [6.45, 7) is 5.71. The summed E-state index contributed by atoms with van der Waals surface area (Å²) >= 11 is 0. The summed E-state index contributed by atoms with van der Waals surface area (Å²) in [5, 5.41) is 2.85. The quantitative estimate of drug-likeness (QED) is 0.585. The Morgan fingerprint density at radius 3 is 2.56 bits per heavy atom. The van der Waals surface area contributed by atoms with E-state index in [1.807, 2.05) is 43.3 Å². The molecular formula is C22H25NO4. The van der Waals surface area contributed by atoms with Crippen LogP contribution in [0.3, 0.4) is 0 Å². The first kappa shape index (κ1) is 20.2. The van der Waals surface area contributed by atoms with E-state index in [9.17, 15) is 9.59 Å². The second kappa shape index (κ2) is 9.57. The minimum absolute atomic E-state index is 0.270. The molecule has 2 aromatic carbocycles. The SMILES string of the molecule is COc1ccccc1/C=C/C(=O)OCC(=O)Nc1c(C)cccc1C(C)C. The van der Waals surface area contributed by atoms with Gasteiger partial charge in [0.15, 0.2) is 6.61 Å². The first-order valence-electron chi connectivity index (χ1n) is 8.79. The van der Waals surface area contributed by atoms with Crippen molar-refractivity contribution in [3.8, 4) is 5.75 Å². The molecule has 0 unspecified atom stereocenters. The summed E-state index contributed by atoms with van der Waals surface area (Å²) in [5.74, 6) is -0.0400. The number of methoxy groups -OCH3 is 1. The van der Waals surface area contributed by atoms with Gasteiger partial charge in [-0.2, -0.15) is 0 Å². The van der Waals surface area contributed by atoms with Gasteiger partial charge in [0.25, 0.3) is 5.91 Å². The van der Waals surface area contributed by atoms with Crippen LogP contribution in [-0.4, -0.2) is 25.6 Å². The van der Waals surface area contributed by atoms with Crippen molar-refractivity contribution in [3.63, 3.8) is 0 Å². The van der Waals surface area contributed by atoms with Gasteiger partial charge < -0.3 is 14.8 Å². The highest BCUT2D eigenvalue weighted by atomic mass is 16.5. The van der Waals surface area contributed by atoms with Crippen LogP contribution in [0.2, 0.25) is 0 Å². The van der Waals surface area contributed by atoms with E-state index in [-0.39, 0.29) is 18.4 Å². The van der Waals surface area contributed by atoms with Crippen LogP contribution in [0.15, 0.2) is 48.5 Å². The largest absolute Gasteiger partial charge is 0.496 e. The number of hydrogen-bond acceptors (Lipinski definition) is 4. The van der Waals surface area contributed by atoms with Crippen molar-refractivity contribution in [1.82, 2.24) is 0 Å². The van der Waals surface area contributed by atoms with Crippen molar-refractivity contribution in [2.75, 3.05) is 19.0 Å². The van der Waals surface area contributed by atoms with Crippen LogP contribution in [0.25, 0.3) is 6.08 Å². The highest BCUT2D eigenvalue weighted by Gasteiger charge is 2.13. The summed E-state index contributed by atoms with van der Waals surface area (Å²) < 4.78 is 10.2. The van der Waals surface area contributed by atoms with Crippen LogP contribution in [0.4, 0.5) is 5.69 Å². The Morgan fingerprint density at radius 1 is 1.11 bits per heavy atom. The highest BCUT2D eigenvalue weighted by Crippen LogP contribution is 2.27. The molecule has 27 heavy (non-hydrogen) atoms. The van der Waals surface area contributed by atoms with E-state index in [4.69, 9.17) is 9.47 Å². The first-order chi connectivity index (χ1) is 12.9. The number of rotatable bonds is 7. The van der Waals surface area contributed by atoms with Crippen molar-refractivity contribution in [2.45, 2.75) is 26.7 Å². The number of ether oxygens (including phenoxy) is 2. The second-order valence-corrected chi connectivity index (χ2v) is 6.43. The molecule has 0 bridgehead atoms. The van der Waals surface area contributed by atoms with Gasteiger partial charge in [-0.25, -0.2) is 4.79 Å². The maximum absolute atomic E-state index is 12.2. The van der Waals surface area contributed by atoms with Crippen LogP contribution in [0, 0.1) is 6.92 Å². The fourth-order valence-electron chi connectivity index (χ4n) is 2.66. The molecule has 0 fully saturated rings. The first-order valence-corrected chi connectivity index (χ1v) is 8.79. The average molecular weight is 367 g/mol. The Kier molecular flexibility index (Phi) is 7.17. The summed E-state index contributed by atoms with van der Waals surface area (Å²) in [5.41, 5.74) is 3.55. The van der Waals surface area contributed by atoms with E-state index >= 15 is 0 Å². The van der Waals surface area contributed by atoms with E-state index in [1.165, 1.54) is 6.08 Å². The number of para-hydroxylation sites is 2. The van der Waals surface area contributed by atoms with Gasteiger partial charge >= 0.3 is 5.97 Å². The summed E-state index contributed by atoms with van der Waals surface area (Å²) in [7, 11) is 1.56. The van der Waals surface area contributed by atoms with Crippen molar-refractivity contribution < 1.29 is 19.1 Å². The molecule has 0 aliphatic heterocycles. The minimum Gasteiger partial charge on any atom is -0.496 e. The maximum atomic E-state index is 12.2. The van der Waals surface area contributed by atoms with Gasteiger partial charge in [0.1, 0.15) is 5.75 Å². The van der Waals surface area contributed by atoms with Crippen LogP contribution < -0.4 is 10.1 Å². The van der Waals surface area contributed by atoms with Gasteiger partial charge in [-0.1, -0.05) is 50.2 Å². The van der Waals surface area contributed by atoms with Gasteiger partial charge in [0.05, 0.1) is 7.11 Å². The van der Waals surface area contributed by atoms with Crippen LogP contribution >= 0.6 is 0 Å². The molecule has 0 aliphatic rings. The van der Waals surface area contributed by atoms with Crippen molar-refractivity contribution in [2.24, 2.45) is 0 Å². The van der Waals surface area contributed by atoms with Gasteiger partial charge in [0, 0.05) is 17.3 Å². The smallest absolute Gasteiger partial charge is 0.331 e. The Morgan fingerprint density at radius 2 is 1.85 bits per heavy atom. The standard InChI is InChI=1S/C22H25NO4/c1-15(2)18-10-7-8-16(3)22(18)23-20(24)14-27-21(25)13-12-17-9-5-6-11-19(17)26-4/h5-13,15H,14H2,1-4H3,(H,23,24)/b13-12+. The normalized spacial score (nSPS) is 10.9. The maximum Gasteiger partial charge on any atom is 0.331 e. The molecule has 1 amide bonds. The number of carbonyl (C=O) groups is 2. The zero-order chi connectivity index (χ0) is 19.8. The number of esters is 1. The third kappa shape index (κ3) is 5.71. The Labute approximate surface area is 160 Å². The summed E-state index contributed by atoms with van der Waals surface area (Å²) in [6, 6.07) is 13.2. The Bertz CT molecular complexity index is 840. The average Bonchev–Trinajstić information content (AvgIpc) is 2.66. The predicted molar refractivity (Wildman–Crippen MR) is 107 cm³/mol. The lowest BCUT2D eigenvalue weighted by Gasteiger charge is -2.16. The number of amides is 1. The number of aryl methyl sites for hydroxylation is 1. The molecule has 5 nitrogen and oxygen atoms in total. The van der Waals surface area contributed by atoms with Crippen LogP contribution in [-0.2, 0) is 14.3 Å². The molecule has 5 heteroatoms. The second-order valence-electron chi connectivity index (χ2n) is 6.43. The van der Waals surface area contributed by atoms with Gasteiger partial charge in [0.2, 0.25) is 0 Å². The fourth-order valence-corrected chi connectivity index (χ4v) is 2.66. The number of carbonyl (C=O) groups excluding carboxylic acids is 2. The molecule has 0 radical (unpaired) electrons. The highest BCUT2D eigenvalue weighted by molar-refractivity contribution is 5.95. The number of hydrogen-bond donors (Lipinski definition) is 1. The summed E-state index contributed by atoms with van der Waals surface area (Å²) in [4.78, 5) is 24.1. The van der Waals surface area contributed by atoms with Gasteiger partial charge in [-0.15, -0.1) is 0 Å². The molecule has 0 aromatic heterocycles. The lowest BCUT2D eigenvalue weighted by Crippen LogP contribution is -2.21. The molecule has 0 saturated carbocycles. The van der Waals surface area contributed by atoms with E-state index in [0.717, 1.165) is 22.4 Å². The monoisotopic (exact) mass is 367 g/mol. The topological polar surface area (TPSA) is 64.6 Å². The molecule has 2 rings (SSSR count). The number of anilines is 1. The van der Waals surface area contributed by atoms with Crippen LogP contribution in [0.1, 0.15) is 36.5 Å². The third-order valence-electron chi connectivity index (χ3n) is 4.07. The number of benzene rings is 2. The van der Waals surface area contributed by atoms with Crippen LogP contribution in [0.5, 0.6) is 5.75 Å². The minimum atomic E-state index is -0.593. The number of nitrogens with one attached hydrogen (secondary N) is 1. The van der Waals surface area contributed by atoms with Gasteiger partial charge in [-0.05, 0) is 36.1 Å². The lowest BCUT2D eigenvalue weighted by molar-refractivity contribution is -0.142. The summed E-state index contributed by atoms with van der Waals surface area (Å²) in [6.07, 6.45) is 2.87. The zero-order valence-corrected chi connectivity index (χ0v) is 16.1. The molecule has 0 aliphatic carbocycles. The zero-order valence-electron chi connectivity index (χ0n) is 16.1. The van der Waals surface area contributed by atoms with E-state index < -0.39 is 5.97 Å². The van der Waals surface area contributed by atoms with Crippen molar-refractivity contribution in [1.29, 1.82) is 0 Å². The fraction of sp³-hybridized carbons (Fsp3) is 0.273. The molecular weight excluding hydrogens is 342 g/mol. The third-order valence-corrected chi connectivity index (χ3v) is 4.07. The van der Waals surface area contributed by atoms with E-state index in [2.05, 4.69) is 19.2 Å². The van der Waals surface area contributed by atoms with E-state index in [0.29, 0.717) is 5.75 Å². The molecule has 0 heterocycles. The molecule has 0 spiro atoms. The Hall–Kier alpha value is -3.08.